The van der Waals surface area contributed by atoms with Gasteiger partial charge >= 0.3 is 0 Å². The van der Waals surface area contributed by atoms with Crippen LogP contribution in [0.25, 0.3) is 5.69 Å². The molecule has 0 bridgehead atoms. The van der Waals surface area contributed by atoms with Crippen LogP contribution in [0.4, 0.5) is 0 Å². The van der Waals surface area contributed by atoms with Gasteiger partial charge in [-0.15, -0.1) is 0 Å². The molecular weight excluding hydrogens is 226 g/mol. The van der Waals surface area contributed by atoms with E-state index in [9.17, 15) is 5.11 Å². The number of aromatic hydroxyl groups is 1. The van der Waals surface area contributed by atoms with Gasteiger partial charge in [-0.05, 0) is 37.2 Å². The highest BCUT2D eigenvalue weighted by Crippen LogP contribution is 2.21. The molecule has 4 nitrogen and oxygen atoms in total. The molecule has 2 aromatic rings. The third-order valence-electron chi connectivity index (χ3n) is 2.29. The fraction of sp³-hybridized carbons (Fsp3) is 0.182. The molecule has 0 atom stereocenters. The number of phenolic OH excluding ortho intramolecular Hbond substituents is 1. The maximum atomic E-state index is 9.18. The van der Waals surface area contributed by atoms with Gasteiger partial charge in [0.2, 0.25) is 0 Å². The highest BCUT2D eigenvalue weighted by molar-refractivity contribution is 6.30. The molecule has 1 aromatic carbocycles. The van der Waals surface area contributed by atoms with Gasteiger partial charge in [0.25, 0.3) is 0 Å². The van der Waals surface area contributed by atoms with Crippen LogP contribution >= 0.6 is 11.6 Å². The molecule has 0 aliphatic rings. The molecule has 16 heavy (non-hydrogen) atoms. The number of hydrogen-bond donors (Lipinski definition) is 2. The average molecular weight is 238 g/mol. The fourth-order valence-corrected chi connectivity index (χ4v) is 1.75. The zero-order chi connectivity index (χ0) is 11.5. The van der Waals surface area contributed by atoms with Gasteiger partial charge in [0.15, 0.2) is 0 Å². The Morgan fingerprint density at radius 2 is 2.00 bits per heavy atom. The number of rotatable bonds is 3. The van der Waals surface area contributed by atoms with Crippen LogP contribution < -0.4 is 5.73 Å². The summed E-state index contributed by atoms with van der Waals surface area (Å²) in [6.07, 6.45) is 2.42. The number of halogens is 1. The Morgan fingerprint density at radius 1 is 1.31 bits per heavy atom. The van der Waals surface area contributed by atoms with E-state index in [1.807, 2.05) is 0 Å². The monoisotopic (exact) mass is 237 g/mol. The van der Waals surface area contributed by atoms with E-state index >= 15 is 0 Å². The second-order valence-corrected chi connectivity index (χ2v) is 3.79. The van der Waals surface area contributed by atoms with Crippen molar-refractivity contribution < 1.29 is 5.11 Å². The third-order valence-corrected chi connectivity index (χ3v) is 2.69. The Morgan fingerprint density at radius 3 is 2.62 bits per heavy atom. The zero-order valence-corrected chi connectivity index (χ0v) is 9.35. The van der Waals surface area contributed by atoms with Crippen molar-refractivity contribution in [2.45, 2.75) is 6.42 Å². The molecule has 0 saturated heterocycles. The molecule has 1 heterocycles. The molecule has 0 aliphatic heterocycles. The summed E-state index contributed by atoms with van der Waals surface area (Å²) in [5, 5.41) is 13.9. The van der Waals surface area contributed by atoms with Crippen molar-refractivity contribution in [3.8, 4) is 11.4 Å². The van der Waals surface area contributed by atoms with Crippen molar-refractivity contribution in [2.24, 2.45) is 5.73 Å². The number of hydrogen-bond acceptors (Lipinski definition) is 3. The molecule has 0 unspecified atom stereocenters. The molecule has 0 fully saturated rings. The van der Waals surface area contributed by atoms with E-state index in [0.29, 0.717) is 18.1 Å². The lowest BCUT2D eigenvalue weighted by atomic mass is 10.2. The molecule has 5 heteroatoms. The van der Waals surface area contributed by atoms with Crippen LogP contribution in [-0.4, -0.2) is 21.4 Å². The van der Waals surface area contributed by atoms with Crippen molar-refractivity contribution in [2.75, 3.05) is 6.54 Å². The maximum absolute atomic E-state index is 9.18. The smallest absolute Gasteiger partial charge is 0.136 e. The molecule has 0 radical (unpaired) electrons. The van der Waals surface area contributed by atoms with Gasteiger partial charge in [-0.2, -0.15) is 5.10 Å². The van der Waals surface area contributed by atoms with Gasteiger partial charge in [0.05, 0.1) is 11.9 Å². The van der Waals surface area contributed by atoms with Crippen LogP contribution in [-0.2, 0) is 6.42 Å². The van der Waals surface area contributed by atoms with Gasteiger partial charge < -0.3 is 10.8 Å². The lowest BCUT2D eigenvalue weighted by molar-refractivity contribution is 0.475. The first-order valence-corrected chi connectivity index (χ1v) is 5.32. The van der Waals surface area contributed by atoms with Gasteiger partial charge in [0.1, 0.15) is 10.9 Å². The van der Waals surface area contributed by atoms with Crippen molar-refractivity contribution in [1.82, 2.24) is 9.78 Å². The highest BCUT2D eigenvalue weighted by Gasteiger charge is 2.08. The number of phenols is 1. The largest absolute Gasteiger partial charge is 0.508 e. The molecule has 0 saturated carbocycles. The number of aromatic nitrogens is 2. The SMILES string of the molecule is NCCc1cnn(-c2ccc(O)cc2)c1Cl. The Labute approximate surface area is 98.3 Å². The zero-order valence-electron chi connectivity index (χ0n) is 8.60. The normalized spacial score (nSPS) is 10.6. The first-order valence-electron chi connectivity index (χ1n) is 4.94. The minimum absolute atomic E-state index is 0.217. The Kier molecular flexibility index (Phi) is 3.12. The summed E-state index contributed by atoms with van der Waals surface area (Å²) in [7, 11) is 0. The molecule has 1 aromatic heterocycles. The predicted molar refractivity (Wildman–Crippen MR) is 63.0 cm³/mol. The summed E-state index contributed by atoms with van der Waals surface area (Å²) in [4.78, 5) is 0. The van der Waals surface area contributed by atoms with E-state index < -0.39 is 0 Å². The summed E-state index contributed by atoms with van der Waals surface area (Å²) >= 11 is 6.16. The standard InChI is InChI=1S/C11H12ClN3O/c12-11-8(5-6-13)7-14-15(11)9-1-3-10(16)4-2-9/h1-4,7,16H,5-6,13H2. The summed E-state index contributed by atoms with van der Waals surface area (Å²) in [6.45, 7) is 0.543. The van der Waals surface area contributed by atoms with E-state index in [2.05, 4.69) is 5.10 Å². The van der Waals surface area contributed by atoms with E-state index in [-0.39, 0.29) is 5.75 Å². The molecule has 0 amide bonds. The number of benzene rings is 1. The maximum Gasteiger partial charge on any atom is 0.136 e. The van der Waals surface area contributed by atoms with Crippen LogP contribution in [0.3, 0.4) is 0 Å². The summed E-state index contributed by atoms with van der Waals surface area (Å²) in [6, 6.07) is 6.69. The van der Waals surface area contributed by atoms with E-state index in [4.69, 9.17) is 17.3 Å². The van der Waals surface area contributed by atoms with Crippen LogP contribution in [0.1, 0.15) is 5.56 Å². The second-order valence-electron chi connectivity index (χ2n) is 3.43. The quantitative estimate of drug-likeness (QED) is 0.855. The highest BCUT2D eigenvalue weighted by atomic mass is 35.5. The Bertz CT molecular complexity index is 478. The Hall–Kier alpha value is -1.52. The lowest BCUT2D eigenvalue weighted by Gasteiger charge is -2.03. The minimum Gasteiger partial charge on any atom is -0.508 e. The fourth-order valence-electron chi connectivity index (χ4n) is 1.46. The minimum atomic E-state index is 0.217. The first-order chi connectivity index (χ1) is 7.72. The van der Waals surface area contributed by atoms with E-state index in [1.54, 1.807) is 35.1 Å². The van der Waals surface area contributed by atoms with Gasteiger partial charge in [0, 0.05) is 5.56 Å². The number of nitrogens with zero attached hydrogens (tertiary/aromatic N) is 2. The molecular formula is C11H12ClN3O. The van der Waals surface area contributed by atoms with Crippen molar-refractivity contribution >= 4 is 11.6 Å². The van der Waals surface area contributed by atoms with E-state index in [1.165, 1.54) is 0 Å². The van der Waals surface area contributed by atoms with Crippen LogP contribution in [0.2, 0.25) is 5.15 Å². The van der Waals surface area contributed by atoms with Gasteiger partial charge in [-0.25, -0.2) is 4.68 Å². The van der Waals surface area contributed by atoms with Crippen molar-refractivity contribution in [3.63, 3.8) is 0 Å². The predicted octanol–water partition coefficient (Wildman–Crippen LogP) is 1.73. The van der Waals surface area contributed by atoms with Crippen LogP contribution in [0.15, 0.2) is 30.5 Å². The van der Waals surface area contributed by atoms with Crippen LogP contribution in [0, 0.1) is 0 Å². The molecule has 0 spiro atoms. The van der Waals surface area contributed by atoms with E-state index in [0.717, 1.165) is 11.3 Å². The molecule has 3 N–H and O–H groups in total. The summed E-state index contributed by atoms with van der Waals surface area (Å²) in [5.41, 5.74) is 7.21. The molecule has 2 rings (SSSR count). The third kappa shape index (κ3) is 2.03. The van der Waals surface area contributed by atoms with Gasteiger partial charge in [-0.3, -0.25) is 0 Å². The molecule has 84 valence electrons. The molecule has 0 aliphatic carbocycles. The van der Waals surface area contributed by atoms with Crippen molar-refractivity contribution in [3.05, 3.63) is 41.2 Å². The van der Waals surface area contributed by atoms with Crippen LogP contribution in [0.5, 0.6) is 5.75 Å². The second kappa shape index (κ2) is 4.55. The summed E-state index contributed by atoms with van der Waals surface area (Å²) < 4.78 is 1.62. The first kappa shape index (κ1) is 11.0. The van der Waals surface area contributed by atoms with Gasteiger partial charge in [-0.1, -0.05) is 11.6 Å². The number of nitrogens with two attached hydrogens (primary N) is 1. The Balaban J connectivity index is 2.37. The summed E-state index contributed by atoms with van der Waals surface area (Å²) in [5.74, 6) is 0.217. The lowest BCUT2D eigenvalue weighted by Crippen LogP contribution is -2.02. The average Bonchev–Trinajstić information content (AvgIpc) is 2.63. The topological polar surface area (TPSA) is 64.1 Å². The van der Waals surface area contributed by atoms with Crippen molar-refractivity contribution in [1.29, 1.82) is 0 Å².